The van der Waals surface area contributed by atoms with Crippen LogP contribution in [0.2, 0.25) is 5.15 Å². The summed E-state index contributed by atoms with van der Waals surface area (Å²) in [5, 5.41) is 0.511. The summed E-state index contributed by atoms with van der Waals surface area (Å²) in [6.07, 6.45) is 1.63. The van der Waals surface area contributed by atoms with Crippen molar-refractivity contribution in [1.82, 2.24) is 4.98 Å². The zero-order chi connectivity index (χ0) is 5.98. The Morgan fingerprint density at radius 1 is 1.40 bits per heavy atom. The van der Waals surface area contributed by atoms with E-state index in [0.29, 0.717) is 5.15 Å². The molecule has 0 N–H and O–H groups in total. The monoisotopic (exact) mass is 225 g/mol. The van der Waals surface area contributed by atoms with E-state index in [4.69, 9.17) is 11.6 Å². The van der Waals surface area contributed by atoms with Gasteiger partial charge in [0.15, 0.2) is 0 Å². The summed E-state index contributed by atoms with van der Waals surface area (Å²) in [5.74, 6) is 0. The molecule has 50 valence electrons. The molecule has 0 unspecified atom stereocenters. The number of pyridine rings is 1. The zero-order valence-corrected chi connectivity index (χ0v) is 9.83. The smallest absolute Gasteiger partial charge is 1.00 e. The van der Waals surface area contributed by atoms with E-state index in [9.17, 15) is 0 Å². The van der Waals surface area contributed by atoms with Gasteiger partial charge in [0.05, 0.1) is 0 Å². The first-order valence-corrected chi connectivity index (χ1v) is 2.60. The maximum Gasteiger partial charge on any atom is 2.00 e. The molecule has 1 aromatic heterocycles. The van der Waals surface area contributed by atoms with Gasteiger partial charge in [-0.3, -0.25) is 0 Å². The second-order valence-corrected chi connectivity index (χ2v) is 1.88. The van der Waals surface area contributed by atoms with Crippen LogP contribution < -0.4 is 12.4 Å². The molecule has 0 amide bonds. The third kappa shape index (κ3) is 4.11. The molecule has 0 radical (unpaired) electrons. The normalized spacial score (nSPS) is 7.30. The van der Waals surface area contributed by atoms with Crippen molar-refractivity contribution in [3.63, 3.8) is 0 Å². The Kier molecular flexibility index (Phi) is 7.67. The Balaban J connectivity index is 0. The average Bonchev–Trinajstić information content (AvgIpc) is 1.77. The fourth-order valence-electron chi connectivity index (χ4n) is 0.406. The van der Waals surface area contributed by atoms with Crippen molar-refractivity contribution in [1.29, 1.82) is 0 Å². The topological polar surface area (TPSA) is 12.9 Å². The first-order chi connectivity index (χ1) is 3.79. The van der Waals surface area contributed by atoms with E-state index in [1.165, 1.54) is 0 Å². The van der Waals surface area contributed by atoms with E-state index in [0.717, 1.165) is 5.56 Å². The van der Waals surface area contributed by atoms with Crippen LogP contribution in [0.1, 0.15) is 5.56 Å². The van der Waals surface area contributed by atoms with Crippen molar-refractivity contribution >= 4 is 11.6 Å². The summed E-state index contributed by atoms with van der Waals surface area (Å²) >= 11 is 5.47. The van der Waals surface area contributed by atoms with Crippen molar-refractivity contribution < 1.29 is 31.9 Å². The zero-order valence-electron chi connectivity index (χ0n) is 5.35. The third-order valence-electron chi connectivity index (χ3n) is 0.789. The number of nitrogens with zero attached hydrogens (tertiary/aromatic N) is 1. The molecule has 0 aromatic carbocycles. The van der Waals surface area contributed by atoms with Gasteiger partial charge in [0.25, 0.3) is 0 Å². The first kappa shape index (κ1) is 12.9. The molecule has 1 heterocycles. The van der Waals surface area contributed by atoms with Gasteiger partial charge in [0, 0.05) is 0 Å². The summed E-state index contributed by atoms with van der Waals surface area (Å²) < 4.78 is 0. The Morgan fingerprint density at radius 3 is 2.30 bits per heavy atom. The molecule has 0 aliphatic heterocycles. The van der Waals surface area contributed by atoms with Crippen molar-refractivity contribution in [2.24, 2.45) is 0 Å². The summed E-state index contributed by atoms with van der Waals surface area (Å²) in [7, 11) is 0. The first-order valence-electron chi connectivity index (χ1n) is 2.22. The molecule has 1 rings (SSSR count). The molecule has 0 saturated carbocycles. The third-order valence-corrected chi connectivity index (χ3v) is 1.01. The van der Waals surface area contributed by atoms with Gasteiger partial charge in [-0.1, -0.05) is 23.9 Å². The molecule has 10 heavy (non-hydrogen) atoms. The van der Waals surface area contributed by atoms with Gasteiger partial charge in [-0.05, 0) is 0 Å². The number of hydrogen-bond donors (Lipinski definition) is 0. The van der Waals surface area contributed by atoms with Gasteiger partial charge in [0.2, 0.25) is 0 Å². The van der Waals surface area contributed by atoms with Crippen LogP contribution in [-0.2, 0) is 19.5 Å². The molecule has 0 atom stereocenters. The maximum atomic E-state index is 5.47. The molecule has 1 aromatic rings. The molecular formula is C6H5Cl2NZn. The minimum atomic E-state index is 0. The summed E-state index contributed by atoms with van der Waals surface area (Å²) in [6, 6.07) is 3.53. The van der Waals surface area contributed by atoms with E-state index >= 15 is 0 Å². The molecule has 0 fully saturated rings. The largest absolute Gasteiger partial charge is 2.00 e. The Morgan fingerprint density at radius 2 is 2.00 bits per heavy atom. The van der Waals surface area contributed by atoms with Crippen molar-refractivity contribution in [2.75, 3.05) is 0 Å². The van der Waals surface area contributed by atoms with Crippen LogP contribution in [0.25, 0.3) is 0 Å². The Hall–Kier alpha value is 0.223. The standard InChI is InChI=1S/C6H5ClN.ClH.Zn/c1-5-2-3-6(7)8-4-5;;/h2-4H,1H2;1H;/q-1;;+2/p-1. The van der Waals surface area contributed by atoms with Gasteiger partial charge in [-0.15, -0.1) is 0 Å². The van der Waals surface area contributed by atoms with Crippen LogP contribution in [0.4, 0.5) is 0 Å². The molecule has 0 spiro atoms. The van der Waals surface area contributed by atoms with Crippen LogP contribution >= 0.6 is 11.6 Å². The minimum Gasteiger partial charge on any atom is -1.00 e. The van der Waals surface area contributed by atoms with Gasteiger partial charge < -0.3 is 17.4 Å². The predicted molar refractivity (Wildman–Crippen MR) is 33.7 cm³/mol. The quantitative estimate of drug-likeness (QED) is 0.312. The summed E-state index contributed by atoms with van der Waals surface area (Å²) in [5.41, 5.74) is 0.884. The van der Waals surface area contributed by atoms with E-state index in [-0.39, 0.29) is 31.9 Å². The van der Waals surface area contributed by atoms with Gasteiger partial charge in [-0.25, -0.2) is 0 Å². The van der Waals surface area contributed by atoms with Crippen LogP contribution in [0.3, 0.4) is 0 Å². The predicted octanol–water partition coefficient (Wildman–Crippen LogP) is -1.08. The molecule has 0 bridgehead atoms. The number of aromatic nitrogens is 1. The average molecular weight is 227 g/mol. The molecule has 0 aliphatic rings. The fraction of sp³-hybridized carbons (Fsp3) is 0. The van der Waals surface area contributed by atoms with Crippen molar-refractivity contribution in [3.05, 3.63) is 36.0 Å². The van der Waals surface area contributed by atoms with E-state index in [1.54, 1.807) is 12.3 Å². The van der Waals surface area contributed by atoms with Crippen molar-refractivity contribution in [2.45, 2.75) is 0 Å². The molecule has 1 nitrogen and oxygen atoms in total. The molecule has 4 heteroatoms. The Bertz CT molecular complexity index is 155. The summed E-state index contributed by atoms with van der Waals surface area (Å²) in [4.78, 5) is 3.78. The number of hydrogen-bond acceptors (Lipinski definition) is 1. The SMILES string of the molecule is [CH2-]c1ccc(Cl)nc1.[Cl-].[Zn+2]. The van der Waals surface area contributed by atoms with Gasteiger partial charge in [-0.2, -0.15) is 18.6 Å². The maximum absolute atomic E-state index is 5.47. The Labute approximate surface area is 84.4 Å². The van der Waals surface area contributed by atoms with E-state index in [2.05, 4.69) is 11.9 Å². The van der Waals surface area contributed by atoms with Crippen LogP contribution in [0.15, 0.2) is 18.3 Å². The van der Waals surface area contributed by atoms with Crippen molar-refractivity contribution in [3.8, 4) is 0 Å². The second kappa shape index (κ2) is 5.97. The van der Waals surface area contributed by atoms with Gasteiger partial charge in [0.1, 0.15) is 5.15 Å². The summed E-state index contributed by atoms with van der Waals surface area (Å²) in [6.45, 7) is 3.64. The molecule has 0 saturated heterocycles. The fourth-order valence-corrected chi connectivity index (χ4v) is 0.518. The van der Waals surface area contributed by atoms with Crippen LogP contribution in [0, 0.1) is 6.92 Å². The van der Waals surface area contributed by atoms with Crippen LogP contribution in [0.5, 0.6) is 0 Å². The van der Waals surface area contributed by atoms with E-state index < -0.39 is 0 Å². The molecular weight excluding hydrogens is 222 g/mol. The van der Waals surface area contributed by atoms with Gasteiger partial charge >= 0.3 is 19.5 Å². The van der Waals surface area contributed by atoms with Crippen LogP contribution in [-0.4, -0.2) is 4.98 Å². The van der Waals surface area contributed by atoms with E-state index in [1.807, 2.05) is 6.07 Å². The minimum absolute atomic E-state index is 0. The number of rotatable bonds is 0. The second-order valence-electron chi connectivity index (χ2n) is 1.49. The molecule has 0 aliphatic carbocycles. The number of halogens is 2.